The van der Waals surface area contributed by atoms with Gasteiger partial charge in [0.25, 0.3) is 0 Å². The Morgan fingerprint density at radius 1 is 1.29 bits per heavy atom. The summed E-state index contributed by atoms with van der Waals surface area (Å²) in [6.07, 6.45) is 0. The van der Waals surface area contributed by atoms with E-state index in [1.54, 1.807) is 13.8 Å². The van der Waals surface area contributed by atoms with E-state index in [-0.39, 0.29) is 11.0 Å². The molecule has 96 valence electrons. The molecular formula is C13H21NO2S. The predicted molar refractivity (Wildman–Crippen MR) is 71.8 cm³/mol. The molecule has 4 heteroatoms. The zero-order chi connectivity index (χ0) is 12.9. The fourth-order valence-corrected chi connectivity index (χ4v) is 2.41. The van der Waals surface area contributed by atoms with Crippen LogP contribution in [0.1, 0.15) is 25.0 Å². The zero-order valence-electron chi connectivity index (χ0n) is 10.7. The molecule has 0 aliphatic rings. The Morgan fingerprint density at radius 2 is 2.00 bits per heavy atom. The van der Waals surface area contributed by atoms with E-state index in [4.69, 9.17) is 0 Å². The van der Waals surface area contributed by atoms with E-state index in [0.29, 0.717) is 6.54 Å². The molecule has 1 rings (SSSR count). The lowest BCUT2D eigenvalue weighted by molar-refractivity contribution is 0.582. The van der Waals surface area contributed by atoms with Gasteiger partial charge in [0.15, 0.2) is 9.84 Å². The summed E-state index contributed by atoms with van der Waals surface area (Å²) in [7, 11) is -2.92. The highest BCUT2D eigenvalue weighted by molar-refractivity contribution is 7.92. The summed E-state index contributed by atoms with van der Waals surface area (Å²) in [5, 5.41) is 2.87. The summed E-state index contributed by atoms with van der Waals surface area (Å²) in [4.78, 5) is 0. The van der Waals surface area contributed by atoms with Crippen LogP contribution in [0.15, 0.2) is 24.3 Å². The molecule has 0 bridgehead atoms. The van der Waals surface area contributed by atoms with Crippen molar-refractivity contribution in [2.75, 3.05) is 12.3 Å². The maximum atomic E-state index is 11.6. The molecule has 0 radical (unpaired) electrons. The van der Waals surface area contributed by atoms with Crippen molar-refractivity contribution in [1.82, 2.24) is 5.32 Å². The van der Waals surface area contributed by atoms with Crippen LogP contribution in [0.4, 0.5) is 0 Å². The summed E-state index contributed by atoms with van der Waals surface area (Å²) in [5.41, 5.74) is 2.41. The fourth-order valence-electron chi connectivity index (χ4n) is 1.50. The van der Waals surface area contributed by atoms with Gasteiger partial charge < -0.3 is 5.32 Å². The minimum atomic E-state index is -2.92. The first-order valence-electron chi connectivity index (χ1n) is 5.89. The summed E-state index contributed by atoms with van der Waals surface area (Å²) >= 11 is 0. The van der Waals surface area contributed by atoms with Gasteiger partial charge in [-0.25, -0.2) is 8.42 Å². The molecule has 1 N–H and O–H groups in total. The van der Waals surface area contributed by atoms with Crippen LogP contribution in [0.3, 0.4) is 0 Å². The van der Waals surface area contributed by atoms with Crippen LogP contribution >= 0.6 is 0 Å². The number of aryl methyl sites for hydroxylation is 1. The third-order valence-electron chi connectivity index (χ3n) is 2.69. The average Bonchev–Trinajstić information content (AvgIpc) is 2.24. The summed E-state index contributed by atoms with van der Waals surface area (Å²) in [6.45, 7) is 6.71. The van der Waals surface area contributed by atoms with Crippen molar-refractivity contribution >= 4 is 9.84 Å². The topological polar surface area (TPSA) is 46.2 Å². The zero-order valence-corrected chi connectivity index (χ0v) is 11.5. The number of nitrogens with one attached hydrogen (secondary N) is 1. The number of rotatable bonds is 6. The molecule has 0 spiro atoms. The van der Waals surface area contributed by atoms with Crippen molar-refractivity contribution in [3.8, 4) is 0 Å². The molecule has 0 aliphatic heterocycles. The Bertz CT molecular complexity index is 452. The minimum Gasteiger partial charge on any atom is -0.312 e. The van der Waals surface area contributed by atoms with Crippen LogP contribution < -0.4 is 5.32 Å². The van der Waals surface area contributed by atoms with E-state index in [2.05, 4.69) is 11.4 Å². The van der Waals surface area contributed by atoms with Gasteiger partial charge in [-0.3, -0.25) is 0 Å². The maximum Gasteiger partial charge on any atom is 0.153 e. The van der Waals surface area contributed by atoms with E-state index in [1.807, 2.05) is 25.1 Å². The molecule has 0 heterocycles. The summed E-state index contributed by atoms with van der Waals surface area (Å²) in [5.74, 6) is 0.205. The van der Waals surface area contributed by atoms with E-state index >= 15 is 0 Å². The Morgan fingerprint density at radius 3 is 2.59 bits per heavy atom. The Hall–Kier alpha value is -0.870. The highest BCUT2D eigenvalue weighted by Gasteiger charge is 2.14. The normalized spacial score (nSPS) is 12.0. The molecule has 0 unspecified atom stereocenters. The van der Waals surface area contributed by atoms with E-state index in [0.717, 1.165) is 6.54 Å². The number of sulfone groups is 1. The van der Waals surface area contributed by atoms with Gasteiger partial charge in [-0.1, -0.05) is 29.8 Å². The van der Waals surface area contributed by atoms with Crippen molar-refractivity contribution < 1.29 is 8.42 Å². The van der Waals surface area contributed by atoms with Crippen molar-refractivity contribution in [2.45, 2.75) is 32.6 Å². The minimum absolute atomic E-state index is 0.205. The molecule has 1 aromatic rings. The van der Waals surface area contributed by atoms with Gasteiger partial charge in [0.05, 0.1) is 11.0 Å². The van der Waals surface area contributed by atoms with E-state index < -0.39 is 9.84 Å². The third-order valence-corrected chi connectivity index (χ3v) is 4.90. The largest absolute Gasteiger partial charge is 0.312 e. The van der Waals surface area contributed by atoms with E-state index in [9.17, 15) is 8.42 Å². The van der Waals surface area contributed by atoms with Crippen molar-refractivity contribution in [3.63, 3.8) is 0 Å². The molecule has 0 amide bonds. The molecule has 1 aromatic carbocycles. The first-order valence-corrected chi connectivity index (χ1v) is 7.61. The van der Waals surface area contributed by atoms with Crippen LogP contribution in [-0.2, 0) is 16.4 Å². The van der Waals surface area contributed by atoms with Gasteiger partial charge in [0.2, 0.25) is 0 Å². The summed E-state index contributed by atoms with van der Waals surface area (Å²) < 4.78 is 23.1. The number of hydrogen-bond donors (Lipinski definition) is 1. The Balaban J connectivity index is 2.35. The molecule has 17 heavy (non-hydrogen) atoms. The molecule has 0 aromatic heterocycles. The first-order chi connectivity index (χ1) is 7.92. The van der Waals surface area contributed by atoms with Crippen LogP contribution in [0.25, 0.3) is 0 Å². The van der Waals surface area contributed by atoms with Gasteiger partial charge >= 0.3 is 0 Å². The first kappa shape index (κ1) is 14.2. The molecule has 0 atom stereocenters. The van der Waals surface area contributed by atoms with Crippen LogP contribution in [0, 0.1) is 6.92 Å². The highest BCUT2D eigenvalue weighted by Crippen LogP contribution is 2.03. The second kappa shape index (κ2) is 6.17. The predicted octanol–water partition coefficient (Wildman–Crippen LogP) is 1.91. The van der Waals surface area contributed by atoms with Crippen molar-refractivity contribution in [2.24, 2.45) is 0 Å². The van der Waals surface area contributed by atoms with E-state index in [1.165, 1.54) is 11.1 Å². The van der Waals surface area contributed by atoms with Gasteiger partial charge in [-0.2, -0.15) is 0 Å². The second-order valence-electron chi connectivity index (χ2n) is 4.58. The van der Waals surface area contributed by atoms with Crippen molar-refractivity contribution in [1.29, 1.82) is 0 Å². The van der Waals surface area contributed by atoms with Crippen LogP contribution in [-0.4, -0.2) is 26.0 Å². The van der Waals surface area contributed by atoms with Gasteiger partial charge in [-0.05, 0) is 26.3 Å². The lowest BCUT2D eigenvalue weighted by Crippen LogP contribution is -2.27. The van der Waals surface area contributed by atoms with Gasteiger partial charge in [0, 0.05) is 13.1 Å². The number of hydrogen-bond acceptors (Lipinski definition) is 3. The lowest BCUT2D eigenvalue weighted by atomic mass is 10.1. The quantitative estimate of drug-likeness (QED) is 0.790. The maximum absolute atomic E-state index is 11.6. The molecule has 0 fully saturated rings. The van der Waals surface area contributed by atoms with Gasteiger partial charge in [0.1, 0.15) is 0 Å². The van der Waals surface area contributed by atoms with Crippen molar-refractivity contribution in [3.05, 3.63) is 35.4 Å². The standard InChI is InChI=1S/C13H21NO2S/c1-11(2)17(15,16)8-7-14-10-13-6-4-5-12(3)9-13/h4-6,9,11,14H,7-8,10H2,1-3H3. The Labute approximate surface area is 104 Å². The number of benzene rings is 1. The summed E-state index contributed by atoms with van der Waals surface area (Å²) in [6, 6.07) is 8.20. The molecule has 0 saturated heterocycles. The monoisotopic (exact) mass is 255 g/mol. The average molecular weight is 255 g/mol. The fraction of sp³-hybridized carbons (Fsp3) is 0.538. The van der Waals surface area contributed by atoms with Crippen LogP contribution in [0.2, 0.25) is 0 Å². The SMILES string of the molecule is Cc1cccc(CNCCS(=O)(=O)C(C)C)c1. The molecular weight excluding hydrogens is 234 g/mol. The third kappa shape index (κ3) is 4.88. The molecule has 3 nitrogen and oxygen atoms in total. The molecule has 0 saturated carbocycles. The molecule has 0 aliphatic carbocycles. The van der Waals surface area contributed by atoms with Gasteiger partial charge in [-0.15, -0.1) is 0 Å². The lowest BCUT2D eigenvalue weighted by Gasteiger charge is -2.09. The van der Waals surface area contributed by atoms with Crippen LogP contribution in [0.5, 0.6) is 0 Å². The second-order valence-corrected chi connectivity index (χ2v) is 7.26. The Kier molecular flexibility index (Phi) is 5.15. The smallest absolute Gasteiger partial charge is 0.153 e. The highest BCUT2D eigenvalue weighted by atomic mass is 32.2.